The Labute approximate surface area is 204 Å². The molecule has 0 N–H and O–H groups in total. The molecule has 190 valence electrons. The predicted octanol–water partition coefficient (Wildman–Crippen LogP) is 4.72. The average Bonchev–Trinajstić information content (AvgIpc) is 3.18. The van der Waals surface area contributed by atoms with Crippen molar-refractivity contribution < 1.29 is 22.8 Å². The van der Waals surface area contributed by atoms with Crippen molar-refractivity contribution in [1.29, 1.82) is 0 Å². The van der Waals surface area contributed by atoms with E-state index in [9.17, 15) is 22.8 Å². The number of carbonyl (C=O) groups excluding carboxylic acids is 2. The van der Waals surface area contributed by atoms with Crippen LogP contribution in [0, 0.1) is 5.41 Å². The van der Waals surface area contributed by atoms with E-state index in [1.807, 2.05) is 17.2 Å². The summed E-state index contributed by atoms with van der Waals surface area (Å²) in [6, 6.07) is 5.74. The molecule has 1 atom stereocenters. The summed E-state index contributed by atoms with van der Waals surface area (Å²) in [4.78, 5) is 33.9. The van der Waals surface area contributed by atoms with Gasteiger partial charge in [-0.25, -0.2) is 4.79 Å². The summed E-state index contributed by atoms with van der Waals surface area (Å²) < 4.78 is 40.3. The number of amides is 3. The van der Waals surface area contributed by atoms with Crippen molar-refractivity contribution in [2.45, 2.75) is 57.2 Å². The number of rotatable bonds is 2. The van der Waals surface area contributed by atoms with Crippen molar-refractivity contribution in [2.24, 2.45) is 5.41 Å². The maximum absolute atomic E-state index is 13.5. The van der Waals surface area contributed by atoms with Crippen molar-refractivity contribution in [3.63, 3.8) is 0 Å². The number of likely N-dealkylation sites (tertiary alicyclic amines) is 1. The highest BCUT2D eigenvalue weighted by atomic mass is 19.4. The maximum Gasteiger partial charge on any atom is 0.418 e. The number of benzene rings is 1. The first-order valence-corrected chi connectivity index (χ1v) is 12.8. The summed E-state index contributed by atoms with van der Waals surface area (Å²) in [7, 11) is 0. The lowest BCUT2D eigenvalue weighted by Crippen LogP contribution is -2.57. The molecule has 3 aliphatic heterocycles. The van der Waals surface area contributed by atoms with Crippen molar-refractivity contribution in [2.75, 3.05) is 44.2 Å². The molecule has 4 aliphatic rings. The summed E-state index contributed by atoms with van der Waals surface area (Å²) in [5.74, 6) is 0.121. The van der Waals surface area contributed by atoms with Gasteiger partial charge in [-0.3, -0.25) is 4.79 Å². The smallest absolute Gasteiger partial charge is 0.367 e. The van der Waals surface area contributed by atoms with Crippen LogP contribution in [0.5, 0.6) is 0 Å². The van der Waals surface area contributed by atoms with E-state index in [4.69, 9.17) is 0 Å². The molecule has 1 aliphatic carbocycles. The molecular formula is C26H33F3N4O2. The molecule has 0 aromatic heterocycles. The quantitative estimate of drug-likeness (QED) is 0.603. The molecule has 6 nitrogen and oxygen atoms in total. The Morgan fingerprint density at radius 2 is 1.63 bits per heavy atom. The average molecular weight is 491 g/mol. The van der Waals surface area contributed by atoms with Crippen LogP contribution < -0.4 is 4.90 Å². The van der Waals surface area contributed by atoms with Crippen molar-refractivity contribution >= 4 is 17.6 Å². The summed E-state index contributed by atoms with van der Waals surface area (Å²) >= 11 is 0. The fourth-order valence-electron chi connectivity index (χ4n) is 6.15. The molecule has 35 heavy (non-hydrogen) atoms. The maximum atomic E-state index is 13.5. The van der Waals surface area contributed by atoms with Crippen molar-refractivity contribution in [3.05, 3.63) is 42.1 Å². The van der Waals surface area contributed by atoms with E-state index in [2.05, 4.69) is 0 Å². The summed E-state index contributed by atoms with van der Waals surface area (Å²) in [5, 5.41) is 0. The lowest BCUT2D eigenvalue weighted by molar-refractivity contribution is -0.139. The van der Waals surface area contributed by atoms with Gasteiger partial charge in [-0.1, -0.05) is 37.5 Å². The summed E-state index contributed by atoms with van der Waals surface area (Å²) in [6.07, 6.45) is 6.66. The summed E-state index contributed by atoms with van der Waals surface area (Å²) in [5.41, 5.74) is -1.13. The van der Waals surface area contributed by atoms with Crippen molar-refractivity contribution in [1.82, 2.24) is 14.7 Å². The number of urea groups is 1. The number of anilines is 1. The van der Waals surface area contributed by atoms with Gasteiger partial charge in [-0.15, -0.1) is 0 Å². The van der Waals surface area contributed by atoms with Crippen molar-refractivity contribution in [3.8, 4) is 0 Å². The second kappa shape index (κ2) is 9.39. The predicted molar refractivity (Wildman–Crippen MR) is 127 cm³/mol. The Hall–Kier alpha value is -2.71. The molecular weight excluding hydrogens is 457 g/mol. The molecule has 9 heteroatoms. The first kappa shape index (κ1) is 24.0. The Morgan fingerprint density at radius 1 is 0.914 bits per heavy atom. The van der Waals surface area contributed by atoms with Crippen LogP contribution in [0.2, 0.25) is 0 Å². The Morgan fingerprint density at radius 3 is 2.34 bits per heavy atom. The number of piperazine rings is 1. The molecule has 1 saturated carbocycles. The van der Waals surface area contributed by atoms with Crippen LogP contribution in [0.15, 0.2) is 36.5 Å². The van der Waals surface area contributed by atoms with Gasteiger partial charge in [-0.05, 0) is 37.8 Å². The SMILES string of the molecule is O=C(N1CCN(c2ccccc2C(F)(F)F)CC1)N1CCCC2(C=CN(C3CCCCC3)C2=O)C1. The second-order valence-electron chi connectivity index (χ2n) is 10.3. The van der Waals surface area contributed by atoms with Crippen LogP contribution in [-0.2, 0) is 11.0 Å². The fourth-order valence-corrected chi connectivity index (χ4v) is 6.15. The largest absolute Gasteiger partial charge is 0.418 e. The van der Waals surface area contributed by atoms with Crippen LogP contribution in [0.4, 0.5) is 23.7 Å². The molecule has 1 aromatic carbocycles. The first-order valence-electron chi connectivity index (χ1n) is 12.8. The molecule has 1 spiro atoms. The third-order valence-electron chi connectivity index (χ3n) is 8.08. The number of carbonyl (C=O) groups is 2. The zero-order valence-electron chi connectivity index (χ0n) is 20.0. The van der Waals surface area contributed by atoms with E-state index in [-0.39, 0.29) is 23.7 Å². The molecule has 3 heterocycles. The number of hydrogen-bond acceptors (Lipinski definition) is 3. The minimum absolute atomic E-state index is 0.120. The molecule has 3 fully saturated rings. The Kier molecular flexibility index (Phi) is 6.44. The second-order valence-corrected chi connectivity index (χ2v) is 10.3. The summed E-state index contributed by atoms with van der Waals surface area (Å²) in [6.45, 7) is 2.36. The van der Waals surface area contributed by atoms with E-state index in [1.165, 1.54) is 18.6 Å². The fraction of sp³-hybridized carbons (Fsp3) is 0.615. The topological polar surface area (TPSA) is 47.1 Å². The number of hydrogen-bond donors (Lipinski definition) is 0. The highest BCUT2D eigenvalue weighted by molar-refractivity contribution is 5.90. The number of halogens is 3. The van der Waals surface area contributed by atoms with E-state index < -0.39 is 17.2 Å². The Balaban J connectivity index is 1.21. The molecule has 0 bridgehead atoms. The third kappa shape index (κ3) is 4.61. The number of alkyl halides is 3. The monoisotopic (exact) mass is 490 g/mol. The van der Waals surface area contributed by atoms with Crippen LogP contribution in [0.1, 0.15) is 50.5 Å². The van der Waals surface area contributed by atoms with E-state index in [0.717, 1.165) is 44.6 Å². The van der Waals surface area contributed by atoms with Gasteiger partial charge in [0.15, 0.2) is 0 Å². The molecule has 0 radical (unpaired) electrons. The van der Waals surface area contributed by atoms with Gasteiger partial charge in [0.2, 0.25) is 5.91 Å². The highest BCUT2D eigenvalue weighted by Gasteiger charge is 2.48. The van der Waals surface area contributed by atoms with Gasteiger partial charge in [0.1, 0.15) is 0 Å². The molecule has 3 amide bonds. The lowest BCUT2D eigenvalue weighted by atomic mass is 9.80. The van der Waals surface area contributed by atoms with Gasteiger partial charge in [0, 0.05) is 57.2 Å². The van der Waals surface area contributed by atoms with Gasteiger partial charge in [0.05, 0.1) is 11.0 Å². The van der Waals surface area contributed by atoms with Gasteiger partial charge >= 0.3 is 12.2 Å². The normalized spacial score (nSPS) is 26.2. The first-order chi connectivity index (χ1) is 16.8. The lowest BCUT2D eigenvalue weighted by Gasteiger charge is -2.43. The van der Waals surface area contributed by atoms with Crippen LogP contribution >= 0.6 is 0 Å². The zero-order chi connectivity index (χ0) is 24.6. The van der Waals surface area contributed by atoms with Crippen LogP contribution in [-0.4, -0.2) is 71.9 Å². The molecule has 5 rings (SSSR count). The van der Waals surface area contributed by atoms with E-state index in [0.29, 0.717) is 39.3 Å². The van der Waals surface area contributed by atoms with E-state index >= 15 is 0 Å². The van der Waals surface area contributed by atoms with Gasteiger partial charge in [0.25, 0.3) is 0 Å². The Bertz CT molecular complexity index is 983. The van der Waals surface area contributed by atoms with Crippen LogP contribution in [0.25, 0.3) is 0 Å². The third-order valence-corrected chi connectivity index (χ3v) is 8.08. The standard InChI is InChI=1S/C26H33F3N4O2/c27-26(28,29)21-9-4-5-10-22(21)30-15-17-31(18-16-30)24(35)32-13-6-11-25(19-32)12-14-33(23(25)34)20-7-2-1-3-8-20/h4-5,9-10,12,14,20H,1-3,6-8,11,13,15-19H2. The molecule has 2 saturated heterocycles. The van der Waals surface area contributed by atoms with Crippen LogP contribution in [0.3, 0.4) is 0 Å². The number of nitrogens with zero attached hydrogens (tertiary/aromatic N) is 4. The molecule has 1 unspecified atom stereocenters. The minimum Gasteiger partial charge on any atom is -0.367 e. The minimum atomic E-state index is -4.42. The molecule has 1 aromatic rings. The van der Waals surface area contributed by atoms with Gasteiger partial charge < -0.3 is 19.6 Å². The van der Waals surface area contributed by atoms with E-state index in [1.54, 1.807) is 20.8 Å². The zero-order valence-corrected chi connectivity index (χ0v) is 20.0. The number of piperidine rings is 1. The highest BCUT2D eigenvalue weighted by Crippen LogP contribution is 2.41. The van der Waals surface area contributed by atoms with Gasteiger partial charge in [-0.2, -0.15) is 13.2 Å². The number of para-hydroxylation sites is 1.